The number of nitrogens with zero attached hydrogens (tertiary/aromatic N) is 1. The third-order valence-electron chi connectivity index (χ3n) is 6.63. The van der Waals surface area contributed by atoms with Crippen molar-refractivity contribution in [2.24, 2.45) is 11.8 Å². The molecule has 0 N–H and O–H groups in total. The van der Waals surface area contributed by atoms with Gasteiger partial charge in [-0.2, -0.15) is 0 Å². The van der Waals surface area contributed by atoms with Crippen LogP contribution in [0.2, 0.25) is 10.0 Å². The summed E-state index contributed by atoms with van der Waals surface area (Å²) >= 11 is 12.0. The fraction of sp³-hybridized carbons (Fsp3) is 0.222. The average molecular weight is 494 g/mol. The summed E-state index contributed by atoms with van der Waals surface area (Å²) in [6.45, 7) is 0. The Bertz CT molecular complexity index is 1280. The number of hydrogen-bond acceptors (Lipinski definition) is 4. The Morgan fingerprint density at radius 1 is 0.853 bits per heavy atom. The van der Waals surface area contributed by atoms with Gasteiger partial charge in [0.15, 0.2) is 0 Å². The van der Waals surface area contributed by atoms with Crippen molar-refractivity contribution in [3.63, 3.8) is 0 Å². The van der Waals surface area contributed by atoms with Crippen molar-refractivity contribution in [3.05, 3.63) is 94.0 Å². The van der Waals surface area contributed by atoms with Crippen molar-refractivity contribution < 1.29 is 19.1 Å². The highest BCUT2D eigenvalue weighted by Gasteiger charge is 2.50. The topological polar surface area (TPSA) is 63.7 Å². The molecule has 2 aliphatic rings. The normalized spacial score (nSPS) is 21.9. The zero-order valence-electron chi connectivity index (χ0n) is 18.1. The van der Waals surface area contributed by atoms with Gasteiger partial charge in [-0.25, -0.2) is 4.79 Å². The molecule has 3 aromatic rings. The third kappa shape index (κ3) is 4.22. The lowest BCUT2D eigenvalue weighted by atomic mass is 9.73. The molecule has 7 heteroatoms. The number of carbonyl (C=O) groups is 3. The molecule has 1 saturated heterocycles. The minimum absolute atomic E-state index is 0.174. The predicted molar refractivity (Wildman–Crippen MR) is 130 cm³/mol. The van der Waals surface area contributed by atoms with Gasteiger partial charge >= 0.3 is 5.97 Å². The van der Waals surface area contributed by atoms with Crippen LogP contribution in [0.3, 0.4) is 0 Å². The molecule has 0 bridgehead atoms. The summed E-state index contributed by atoms with van der Waals surface area (Å²) in [5.74, 6) is -1.30. The highest BCUT2D eigenvalue weighted by atomic mass is 35.5. The molecule has 2 amide bonds. The van der Waals surface area contributed by atoms with Crippen LogP contribution in [0, 0.1) is 11.8 Å². The quantitative estimate of drug-likeness (QED) is 0.243. The van der Waals surface area contributed by atoms with Gasteiger partial charge in [0.25, 0.3) is 0 Å². The third-order valence-corrected chi connectivity index (χ3v) is 7.16. The second-order valence-corrected chi connectivity index (χ2v) is 9.50. The molecule has 3 aromatic carbocycles. The number of hydrogen-bond donors (Lipinski definition) is 0. The van der Waals surface area contributed by atoms with Gasteiger partial charge in [-0.1, -0.05) is 59.6 Å². The minimum Gasteiger partial charge on any atom is -0.421 e. The molecule has 1 aliphatic carbocycles. The Morgan fingerprint density at radius 3 is 2.38 bits per heavy atom. The maximum atomic E-state index is 13.3. The van der Waals surface area contributed by atoms with E-state index in [9.17, 15) is 14.4 Å². The van der Waals surface area contributed by atoms with Gasteiger partial charge in [-0.3, -0.25) is 14.5 Å². The largest absolute Gasteiger partial charge is 0.421 e. The van der Waals surface area contributed by atoms with Crippen LogP contribution in [0.4, 0.5) is 5.69 Å². The molecule has 2 fully saturated rings. The number of halogens is 2. The van der Waals surface area contributed by atoms with Crippen molar-refractivity contribution in [2.45, 2.75) is 25.2 Å². The maximum absolute atomic E-state index is 13.3. The Balaban J connectivity index is 1.36. The van der Waals surface area contributed by atoms with Gasteiger partial charge < -0.3 is 4.74 Å². The number of fused-ring (bicyclic) bond motifs is 1. The molecular formula is C27H21Cl2NO4. The van der Waals surface area contributed by atoms with Crippen molar-refractivity contribution in [1.82, 2.24) is 0 Å². The first-order valence-corrected chi connectivity index (χ1v) is 11.9. The molecule has 0 spiro atoms. The molecule has 1 saturated carbocycles. The molecule has 0 radical (unpaired) electrons. The smallest absolute Gasteiger partial charge is 0.343 e. The lowest BCUT2D eigenvalue weighted by Crippen LogP contribution is -2.31. The van der Waals surface area contributed by atoms with Crippen LogP contribution in [0.1, 0.15) is 41.1 Å². The second-order valence-electron chi connectivity index (χ2n) is 8.66. The van der Waals surface area contributed by atoms with Gasteiger partial charge in [0.2, 0.25) is 11.8 Å². The Kier molecular flexibility index (Phi) is 6.15. The summed E-state index contributed by atoms with van der Waals surface area (Å²) < 4.78 is 5.40. The summed E-state index contributed by atoms with van der Waals surface area (Å²) in [6.07, 6.45) is 2.18. The molecular weight excluding hydrogens is 473 g/mol. The Morgan fingerprint density at radius 2 is 1.62 bits per heavy atom. The van der Waals surface area contributed by atoms with Gasteiger partial charge in [0, 0.05) is 5.02 Å². The van der Waals surface area contributed by atoms with Crippen LogP contribution in [0.25, 0.3) is 0 Å². The number of rotatable bonds is 4. The van der Waals surface area contributed by atoms with Crippen LogP contribution in [-0.2, 0) is 9.59 Å². The van der Waals surface area contributed by atoms with E-state index in [-0.39, 0.29) is 45.9 Å². The van der Waals surface area contributed by atoms with Gasteiger partial charge in [0.05, 0.1) is 28.1 Å². The van der Waals surface area contributed by atoms with E-state index >= 15 is 0 Å². The molecule has 1 aliphatic heterocycles. The fourth-order valence-electron chi connectivity index (χ4n) is 4.95. The number of anilines is 1. The zero-order valence-corrected chi connectivity index (χ0v) is 19.6. The van der Waals surface area contributed by atoms with Gasteiger partial charge in [0.1, 0.15) is 5.75 Å². The standard InChI is InChI=1S/C27H21Cl2NO4/c28-19-10-12-24(23(29)15-19)34-27(33)18-7-4-8-20(13-18)30-25(31)21-11-9-17(14-22(21)26(30)32)16-5-2-1-3-6-16/h1-8,10,12-13,15,17,21-22H,9,11,14H2/t17-,21+,22+/m0/s1. The molecule has 34 heavy (non-hydrogen) atoms. The highest BCUT2D eigenvalue weighted by Crippen LogP contribution is 2.45. The fourth-order valence-corrected chi connectivity index (χ4v) is 5.40. The summed E-state index contributed by atoms with van der Waals surface area (Å²) in [5, 5.41) is 0.632. The lowest BCUT2D eigenvalue weighted by molar-refractivity contribution is -0.122. The molecule has 1 heterocycles. The monoisotopic (exact) mass is 493 g/mol. The van der Waals surface area contributed by atoms with Gasteiger partial charge in [-0.15, -0.1) is 0 Å². The first kappa shape index (κ1) is 22.6. The number of amides is 2. The number of imide groups is 1. The predicted octanol–water partition coefficient (Wildman–Crippen LogP) is 6.29. The zero-order chi connectivity index (χ0) is 23.8. The minimum atomic E-state index is -0.647. The van der Waals surface area contributed by atoms with Gasteiger partial charge in [-0.05, 0) is 67.1 Å². The maximum Gasteiger partial charge on any atom is 0.343 e. The summed E-state index contributed by atoms with van der Waals surface area (Å²) in [5.41, 5.74) is 1.78. The van der Waals surface area contributed by atoms with E-state index in [2.05, 4.69) is 12.1 Å². The molecule has 172 valence electrons. The highest BCUT2D eigenvalue weighted by molar-refractivity contribution is 6.35. The number of esters is 1. The van der Waals surface area contributed by atoms with E-state index in [1.54, 1.807) is 24.3 Å². The number of ether oxygens (including phenoxy) is 1. The van der Waals surface area contributed by atoms with Crippen LogP contribution >= 0.6 is 23.2 Å². The van der Waals surface area contributed by atoms with E-state index in [1.165, 1.54) is 28.7 Å². The second kappa shape index (κ2) is 9.24. The number of benzene rings is 3. The van der Waals surface area contributed by atoms with E-state index < -0.39 is 5.97 Å². The van der Waals surface area contributed by atoms with E-state index in [4.69, 9.17) is 27.9 Å². The SMILES string of the molecule is O=C(Oc1ccc(Cl)cc1Cl)c1cccc(N2C(=O)[C@@H]3CC[C@H](c4ccccc4)C[C@H]3C2=O)c1. The lowest BCUT2D eigenvalue weighted by Gasteiger charge is -2.28. The van der Waals surface area contributed by atoms with Crippen LogP contribution in [0.15, 0.2) is 72.8 Å². The summed E-state index contributed by atoms with van der Waals surface area (Å²) in [7, 11) is 0. The first-order chi connectivity index (χ1) is 16.4. The summed E-state index contributed by atoms with van der Waals surface area (Å²) in [4.78, 5) is 40.5. The molecule has 0 unspecified atom stereocenters. The van der Waals surface area contributed by atoms with Crippen molar-refractivity contribution >= 4 is 46.7 Å². The van der Waals surface area contributed by atoms with E-state index in [1.807, 2.05) is 18.2 Å². The van der Waals surface area contributed by atoms with Crippen molar-refractivity contribution in [1.29, 1.82) is 0 Å². The molecule has 5 nitrogen and oxygen atoms in total. The number of carbonyl (C=O) groups excluding carboxylic acids is 3. The first-order valence-electron chi connectivity index (χ1n) is 11.1. The van der Waals surface area contributed by atoms with E-state index in [0.29, 0.717) is 23.6 Å². The molecule has 0 aromatic heterocycles. The molecule has 5 rings (SSSR count). The van der Waals surface area contributed by atoms with Crippen LogP contribution in [0.5, 0.6) is 5.75 Å². The van der Waals surface area contributed by atoms with Crippen LogP contribution < -0.4 is 9.64 Å². The van der Waals surface area contributed by atoms with Crippen LogP contribution in [-0.4, -0.2) is 17.8 Å². The Labute approximate surface area is 207 Å². The summed E-state index contributed by atoms with van der Waals surface area (Å²) in [6, 6.07) is 21.0. The van der Waals surface area contributed by atoms with Crippen molar-refractivity contribution in [2.75, 3.05) is 4.90 Å². The van der Waals surface area contributed by atoms with E-state index in [0.717, 1.165) is 6.42 Å². The van der Waals surface area contributed by atoms with Crippen molar-refractivity contribution in [3.8, 4) is 5.75 Å². The average Bonchev–Trinajstić information content (AvgIpc) is 3.10. The molecule has 3 atom stereocenters. The Hall–Kier alpha value is -3.15.